The third kappa shape index (κ3) is 4.41. The van der Waals surface area contributed by atoms with Crippen molar-refractivity contribution in [3.63, 3.8) is 0 Å². The fourth-order valence-corrected chi connectivity index (χ4v) is 3.38. The minimum absolute atomic E-state index is 0.0601. The first kappa shape index (κ1) is 16.2. The molecule has 0 aromatic carbocycles. The van der Waals surface area contributed by atoms with Crippen LogP contribution in [0.4, 0.5) is 0 Å². The number of amides is 2. The standard InChI is InChI=1S/C13H22N2O5S/c1-21(18,19)10-4-11(15-5-2-3-12(15)16)13(17)14-6-8-20-9-7-14/h11H,2-10H2,1H3/t11-/m0/s1. The van der Waals surface area contributed by atoms with E-state index in [9.17, 15) is 18.0 Å². The summed E-state index contributed by atoms with van der Waals surface area (Å²) in [6.07, 6.45) is 2.48. The largest absolute Gasteiger partial charge is 0.378 e. The highest BCUT2D eigenvalue weighted by Gasteiger charge is 2.36. The molecule has 2 saturated heterocycles. The molecule has 0 aliphatic carbocycles. The summed E-state index contributed by atoms with van der Waals surface area (Å²) in [6, 6.07) is -0.659. The van der Waals surface area contributed by atoms with E-state index in [2.05, 4.69) is 0 Å². The molecule has 0 radical (unpaired) electrons. The normalized spacial score (nSPS) is 21.7. The molecular formula is C13H22N2O5S. The number of likely N-dealkylation sites (tertiary alicyclic amines) is 1. The maximum atomic E-state index is 12.6. The molecule has 0 aromatic heterocycles. The van der Waals surface area contributed by atoms with Crippen LogP contribution in [0.5, 0.6) is 0 Å². The van der Waals surface area contributed by atoms with Crippen LogP contribution in [0.25, 0.3) is 0 Å². The average Bonchev–Trinajstić information content (AvgIpc) is 2.85. The number of ether oxygens (including phenoxy) is 1. The van der Waals surface area contributed by atoms with Gasteiger partial charge in [-0.25, -0.2) is 8.42 Å². The number of carbonyl (C=O) groups excluding carboxylic acids is 2. The van der Waals surface area contributed by atoms with E-state index in [0.717, 1.165) is 12.7 Å². The van der Waals surface area contributed by atoms with Gasteiger partial charge in [-0.15, -0.1) is 0 Å². The van der Waals surface area contributed by atoms with Gasteiger partial charge in [0.15, 0.2) is 0 Å². The van der Waals surface area contributed by atoms with Gasteiger partial charge in [-0.3, -0.25) is 9.59 Å². The minimum Gasteiger partial charge on any atom is -0.378 e. The van der Waals surface area contributed by atoms with E-state index < -0.39 is 15.9 Å². The van der Waals surface area contributed by atoms with Crippen molar-refractivity contribution >= 4 is 21.7 Å². The number of sulfone groups is 1. The van der Waals surface area contributed by atoms with Gasteiger partial charge in [0, 0.05) is 32.3 Å². The summed E-state index contributed by atoms with van der Waals surface area (Å²) in [5.74, 6) is -0.301. The first-order valence-electron chi connectivity index (χ1n) is 7.22. The van der Waals surface area contributed by atoms with Gasteiger partial charge < -0.3 is 14.5 Å². The Hall–Kier alpha value is -1.15. The quantitative estimate of drug-likeness (QED) is 0.667. The van der Waals surface area contributed by atoms with Crippen LogP contribution in [0.1, 0.15) is 19.3 Å². The second-order valence-electron chi connectivity index (χ2n) is 5.56. The van der Waals surface area contributed by atoms with Gasteiger partial charge in [-0.1, -0.05) is 0 Å². The number of carbonyl (C=O) groups is 2. The summed E-state index contributed by atoms with van der Waals surface area (Å²) in [5.41, 5.74) is 0. The van der Waals surface area contributed by atoms with Crippen LogP contribution in [0.2, 0.25) is 0 Å². The Kier molecular flexibility index (Phi) is 5.21. The summed E-state index contributed by atoms with van der Waals surface area (Å²) in [4.78, 5) is 27.8. The van der Waals surface area contributed by atoms with Gasteiger partial charge >= 0.3 is 0 Å². The van der Waals surface area contributed by atoms with Gasteiger partial charge in [0.25, 0.3) is 0 Å². The fourth-order valence-electron chi connectivity index (χ4n) is 2.73. The number of morpholine rings is 1. The lowest BCUT2D eigenvalue weighted by molar-refractivity contribution is -0.146. The molecule has 0 spiro atoms. The van der Waals surface area contributed by atoms with Crippen molar-refractivity contribution in [1.29, 1.82) is 0 Å². The molecule has 0 saturated carbocycles. The molecule has 8 heteroatoms. The van der Waals surface area contributed by atoms with Gasteiger partial charge in [0.1, 0.15) is 15.9 Å². The summed E-state index contributed by atoms with van der Waals surface area (Å²) >= 11 is 0. The topological polar surface area (TPSA) is 84.0 Å². The van der Waals surface area contributed by atoms with Crippen molar-refractivity contribution < 1.29 is 22.7 Å². The monoisotopic (exact) mass is 318 g/mol. The lowest BCUT2D eigenvalue weighted by atomic mass is 10.1. The SMILES string of the molecule is CS(=O)(=O)CC[C@@H](C(=O)N1CCOCC1)N1CCCC1=O. The number of rotatable bonds is 5. The van der Waals surface area contributed by atoms with Crippen molar-refractivity contribution in [2.24, 2.45) is 0 Å². The molecule has 2 rings (SSSR count). The number of hydrogen-bond acceptors (Lipinski definition) is 5. The molecule has 2 heterocycles. The van der Waals surface area contributed by atoms with E-state index in [1.54, 1.807) is 9.80 Å². The molecule has 21 heavy (non-hydrogen) atoms. The van der Waals surface area contributed by atoms with Crippen molar-refractivity contribution in [3.05, 3.63) is 0 Å². The van der Waals surface area contributed by atoms with Gasteiger partial charge in [-0.05, 0) is 12.8 Å². The highest BCUT2D eigenvalue weighted by Crippen LogP contribution is 2.19. The Morgan fingerprint density at radius 3 is 2.48 bits per heavy atom. The zero-order valence-corrected chi connectivity index (χ0v) is 13.1. The molecular weight excluding hydrogens is 296 g/mol. The van der Waals surface area contributed by atoms with Crippen LogP contribution < -0.4 is 0 Å². The van der Waals surface area contributed by atoms with Crippen LogP contribution in [0, 0.1) is 0 Å². The second-order valence-corrected chi connectivity index (χ2v) is 7.82. The predicted octanol–water partition coefficient (Wildman–Crippen LogP) is -0.729. The van der Waals surface area contributed by atoms with Crippen LogP contribution in [-0.4, -0.2) is 80.9 Å². The van der Waals surface area contributed by atoms with E-state index in [4.69, 9.17) is 4.74 Å². The van der Waals surface area contributed by atoms with Gasteiger partial charge in [0.05, 0.1) is 19.0 Å². The van der Waals surface area contributed by atoms with Crippen LogP contribution >= 0.6 is 0 Å². The molecule has 0 unspecified atom stereocenters. The smallest absolute Gasteiger partial charge is 0.245 e. The van der Waals surface area contributed by atoms with E-state index in [-0.39, 0.29) is 24.0 Å². The highest BCUT2D eigenvalue weighted by atomic mass is 32.2. The number of hydrogen-bond donors (Lipinski definition) is 0. The van der Waals surface area contributed by atoms with Crippen molar-refractivity contribution in [2.45, 2.75) is 25.3 Å². The van der Waals surface area contributed by atoms with Crippen molar-refractivity contribution in [3.8, 4) is 0 Å². The third-order valence-corrected chi connectivity index (χ3v) is 4.83. The minimum atomic E-state index is -3.16. The average molecular weight is 318 g/mol. The van der Waals surface area contributed by atoms with Crippen LogP contribution in [-0.2, 0) is 24.2 Å². The molecule has 2 amide bonds. The van der Waals surface area contributed by atoms with E-state index in [0.29, 0.717) is 39.3 Å². The molecule has 1 atom stereocenters. The van der Waals surface area contributed by atoms with Gasteiger partial charge in [-0.2, -0.15) is 0 Å². The molecule has 2 aliphatic rings. The predicted molar refractivity (Wildman–Crippen MR) is 76.5 cm³/mol. The van der Waals surface area contributed by atoms with E-state index in [1.807, 2.05) is 0 Å². The molecule has 0 aromatic rings. The summed E-state index contributed by atoms with van der Waals surface area (Å²) < 4.78 is 28.0. The van der Waals surface area contributed by atoms with Crippen LogP contribution in [0.15, 0.2) is 0 Å². The maximum absolute atomic E-state index is 12.6. The lowest BCUT2D eigenvalue weighted by Gasteiger charge is -2.34. The molecule has 2 fully saturated rings. The first-order valence-corrected chi connectivity index (χ1v) is 9.28. The Labute approximate surface area is 125 Å². The Balaban J connectivity index is 2.09. The summed E-state index contributed by atoms with van der Waals surface area (Å²) in [5, 5.41) is 0. The molecule has 2 aliphatic heterocycles. The van der Waals surface area contributed by atoms with Gasteiger partial charge in [0.2, 0.25) is 11.8 Å². The maximum Gasteiger partial charge on any atom is 0.245 e. The summed E-state index contributed by atoms with van der Waals surface area (Å²) in [7, 11) is -3.16. The lowest BCUT2D eigenvalue weighted by Crippen LogP contribution is -2.52. The Morgan fingerprint density at radius 1 is 1.29 bits per heavy atom. The Bertz CT molecular complexity index is 499. The van der Waals surface area contributed by atoms with Crippen molar-refractivity contribution in [2.75, 3.05) is 44.9 Å². The second kappa shape index (κ2) is 6.74. The van der Waals surface area contributed by atoms with Crippen LogP contribution in [0.3, 0.4) is 0 Å². The molecule has 120 valence electrons. The molecule has 0 N–H and O–H groups in total. The van der Waals surface area contributed by atoms with E-state index in [1.165, 1.54) is 0 Å². The zero-order valence-electron chi connectivity index (χ0n) is 12.3. The first-order chi connectivity index (χ1) is 9.88. The molecule has 7 nitrogen and oxygen atoms in total. The summed E-state index contributed by atoms with van der Waals surface area (Å²) in [6.45, 7) is 2.49. The van der Waals surface area contributed by atoms with Crippen molar-refractivity contribution in [1.82, 2.24) is 9.80 Å². The fraction of sp³-hybridized carbons (Fsp3) is 0.846. The number of nitrogens with zero attached hydrogens (tertiary/aromatic N) is 2. The highest BCUT2D eigenvalue weighted by molar-refractivity contribution is 7.90. The third-order valence-electron chi connectivity index (χ3n) is 3.86. The Morgan fingerprint density at radius 2 is 1.95 bits per heavy atom. The molecule has 0 bridgehead atoms. The zero-order chi connectivity index (χ0) is 15.5. The van der Waals surface area contributed by atoms with E-state index >= 15 is 0 Å².